The lowest BCUT2D eigenvalue weighted by Crippen LogP contribution is -2.53. The molecule has 0 aromatic carbocycles. The summed E-state index contributed by atoms with van der Waals surface area (Å²) in [7, 11) is 0. The van der Waals surface area contributed by atoms with E-state index in [4.69, 9.17) is 9.84 Å². The summed E-state index contributed by atoms with van der Waals surface area (Å²) in [5, 5.41) is 11.6. The maximum Gasteiger partial charge on any atom is 0.409 e. The Morgan fingerprint density at radius 3 is 2.93 bits per heavy atom. The Bertz CT molecular complexity index is 181. The molecule has 1 aliphatic heterocycles. The zero-order valence-electron chi connectivity index (χ0n) is 8.53. The summed E-state index contributed by atoms with van der Waals surface area (Å²) in [6.45, 7) is 5.40. The van der Waals surface area contributed by atoms with Crippen molar-refractivity contribution in [3.63, 3.8) is 0 Å². The number of carbonyl (C=O) groups is 1. The predicted octanol–water partition coefficient (Wildman–Crippen LogP) is -0.343. The molecule has 0 aliphatic carbocycles. The number of ether oxygens (including phenoxy) is 1. The number of carbonyl (C=O) groups excluding carboxylic acids is 1. The molecule has 0 aromatic heterocycles. The van der Waals surface area contributed by atoms with Gasteiger partial charge in [0.15, 0.2) is 0 Å². The van der Waals surface area contributed by atoms with Crippen molar-refractivity contribution in [1.29, 1.82) is 0 Å². The predicted molar refractivity (Wildman–Crippen MR) is 52.0 cm³/mol. The van der Waals surface area contributed by atoms with E-state index in [2.05, 4.69) is 5.32 Å². The third kappa shape index (κ3) is 3.16. The Morgan fingerprint density at radius 2 is 2.36 bits per heavy atom. The lowest BCUT2D eigenvalue weighted by atomic mass is 10.0. The van der Waals surface area contributed by atoms with E-state index in [1.165, 1.54) is 0 Å². The summed E-state index contributed by atoms with van der Waals surface area (Å²) < 4.78 is 4.85. The van der Waals surface area contributed by atoms with Gasteiger partial charge in [-0.25, -0.2) is 4.79 Å². The van der Waals surface area contributed by atoms with Crippen LogP contribution in [0.3, 0.4) is 0 Å². The van der Waals surface area contributed by atoms with Crippen molar-refractivity contribution in [2.45, 2.75) is 6.92 Å². The second kappa shape index (κ2) is 5.82. The summed E-state index contributed by atoms with van der Waals surface area (Å²) in [6, 6.07) is 0. The highest BCUT2D eigenvalue weighted by Crippen LogP contribution is 2.15. The Labute approximate surface area is 84.0 Å². The first-order valence-electron chi connectivity index (χ1n) is 5.01. The number of hydrogen-bond donors (Lipinski definition) is 2. The topological polar surface area (TPSA) is 61.8 Å². The minimum Gasteiger partial charge on any atom is -0.450 e. The van der Waals surface area contributed by atoms with Crippen molar-refractivity contribution >= 4 is 6.09 Å². The first kappa shape index (κ1) is 11.3. The fourth-order valence-electron chi connectivity index (χ4n) is 1.45. The number of nitrogens with zero attached hydrogens (tertiary/aromatic N) is 1. The van der Waals surface area contributed by atoms with Crippen LogP contribution in [0.15, 0.2) is 0 Å². The summed E-state index contributed by atoms with van der Waals surface area (Å²) in [6.07, 6.45) is -0.217. The number of hydrogen-bond acceptors (Lipinski definition) is 4. The summed E-state index contributed by atoms with van der Waals surface area (Å²) in [5.74, 6) is 0.506. The monoisotopic (exact) mass is 202 g/mol. The van der Waals surface area contributed by atoms with Crippen LogP contribution in [0.1, 0.15) is 6.92 Å². The molecule has 82 valence electrons. The molecule has 2 N–H and O–H groups in total. The van der Waals surface area contributed by atoms with Crippen molar-refractivity contribution in [2.75, 3.05) is 39.4 Å². The van der Waals surface area contributed by atoms with Gasteiger partial charge in [0, 0.05) is 32.1 Å². The Hall–Kier alpha value is -0.810. The van der Waals surface area contributed by atoms with Crippen LogP contribution in [0.4, 0.5) is 4.79 Å². The number of nitrogens with one attached hydrogen (secondary N) is 1. The highest BCUT2D eigenvalue weighted by Gasteiger charge is 2.30. The van der Waals surface area contributed by atoms with Crippen LogP contribution in [0.25, 0.3) is 0 Å². The molecule has 0 radical (unpaired) electrons. The van der Waals surface area contributed by atoms with Crippen molar-refractivity contribution < 1.29 is 14.6 Å². The molecule has 0 bridgehead atoms. The van der Waals surface area contributed by atoms with Crippen molar-refractivity contribution in [1.82, 2.24) is 10.2 Å². The van der Waals surface area contributed by atoms with Crippen molar-refractivity contribution in [2.24, 2.45) is 5.92 Å². The molecular formula is C9H18N2O3. The second-order valence-corrected chi connectivity index (χ2v) is 3.40. The van der Waals surface area contributed by atoms with E-state index in [9.17, 15) is 4.79 Å². The fraction of sp³-hybridized carbons (Fsp3) is 0.889. The third-order valence-corrected chi connectivity index (χ3v) is 2.20. The van der Waals surface area contributed by atoms with Gasteiger partial charge in [-0.15, -0.1) is 0 Å². The fourth-order valence-corrected chi connectivity index (χ4v) is 1.45. The number of amides is 1. The van der Waals surface area contributed by atoms with E-state index >= 15 is 0 Å². The molecule has 0 aromatic rings. The first-order chi connectivity index (χ1) is 6.77. The standard InChI is InChI=1S/C9H18N2O3/c1-2-14-9(13)11-6-8(7-11)5-10-3-4-12/h8,10,12H,2-7H2,1H3. The van der Waals surface area contributed by atoms with Gasteiger partial charge in [0.25, 0.3) is 0 Å². The van der Waals surface area contributed by atoms with Gasteiger partial charge in [-0.1, -0.05) is 0 Å². The van der Waals surface area contributed by atoms with Gasteiger partial charge in [-0.05, 0) is 6.92 Å². The molecule has 14 heavy (non-hydrogen) atoms. The lowest BCUT2D eigenvalue weighted by molar-refractivity contribution is 0.0566. The molecule has 5 heteroatoms. The molecule has 0 unspecified atom stereocenters. The minimum atomic E-state index is -0.217. The highest BCUT2D eigenvalue weighted by molar-refractivity contribution is 5.68. The first-order valence-corrected chi connectivity index (χ1v) is 5.01. The molecule has 1 heterocycles. The van der Waals surface area contributed by atoms with Crippen LogP contribution in [-0.2, 0) is 4.74 Å². The molecule has 5 nitrogen and oxygen atoms in total. The Morgan fingerprint density at radius 1 is 1.64 bits per heavy atom. The average Bonchev–Trinajstić information content (AvgIpc) is 2.09. The third-order valence-electron chi connectivity index (χ3n) is 2.20. The average molecular weight is 202 g/mol. The van der Waals surface area contributed by atoms with Crippen molar-refractivity contribution in [3.8, 4) is 0 Å². The van der Waals surface area contributed by atoms with Crippen LogP contribution in [0, 0.1) is 5.92 Å². The molecule has 1 saturated heterocycles. The van der Waals surface area contributed by atoms with Gasteiger partial charge in [0.1, 0.15) is 0 Å². The summed E-state index contributed by atoms with van der Waals surface area (Å²) in [5.41, 5.74) is 0. The van der Waals surface area contributed by atoms with Gasteiger partial charge < -0.3 is 20.1 Å². The van der Waals surface area contributed by atoms with Crippen LogP contribution in [0.2, 0.25) is 0 Å². The van der Waals surface area contributed by atoms with Gasteiger partial charge in [-0.3, -0.25) is 0 Å². The Kier molecular flexibility index (Phi) is 4.69. The number of likely N-dealkylation sites (tertiary alicyclic amines) is 1. The van der Waals surface area contributed by atoms with E-state index in [1.807, 2.05) is 0 Å². The minimum absolute atomic E-state index is 0.161. The highest BCUT2D eigenvalue weighted by atomic mass is 16.6. The number of aliphatic hydroxyl groups is 1. The normalized spacial score (nSPS) is 16.6. The van der Waals surface area contributed by atoms with Gasteiger partial charge in [-0.2, -0.15) is 0 Å². The molecule has 0 atom stereocenters. The Balaban J connectivity index is 2.02. The maximum absolute atomic E-state index is 11.1. The molecule has 1 amide bonds. The lowest BCUT2D eigenvalue weighted by Gasteiger charge is -2.38. The quantitative estimate of drug-likeness (QED) is 0.599. The van der Waals surface area contributed by atoms with Crippen LogP contribution >= 0.6 is 0 Å². The zero-order valence-corrected chi connectivity index (χ0v) is 8.53. The van der Waals surface area contributed by atoms with E-state index in [0.29, 0.717) is 19.1 Å². The summed E-state index contributed by atoms with van der Waals surface area (Å²) in [4.78, 5) is 12.8. The van der Waals surface area contributed by atoms with E-state index < -0.39 is 0 Å². The molecular weight excluding hydrogens is 184 g/mol. The van der Waals surface area contributed by atoms with Crippen LogP contribution < -0.4 is 5.32 Å². The SMILES string of the molecule is CCOC(=O)N1CC(CNCCO)C1. The largest absolute Gasteiger partial charge is 0.450 e. The van der Waals surface area contributed by atoms with Crippen LogP contribution in [0.5, 0.6) is 0 Å². The molecule has 0 spiro atoms. The van der Waals surface area contributed by atoms with Gasteiger partial charge >= 0.3 is 6.09 Å². The molecule has 0 saturated carbocycles. The zero-order chi connectivity index (χ0) is 10.4. The smallest absolute Gasteiger partial charge is 0.409 e. The summed E-state index contributed by atoms with van der Waals surface area (Å²) >= 11 is 0. The van der Waals surface area contributed by atoms with E-state index in [0.717, 1.165) is 19.6 Å². The molecule has 1 aliphatic rings. The van der Waals surface area contributed by atoms with Crippen molar-refractivity contribution in [3.05, 3.63) is 0 Å². The van der Waals surface area contributed by atoms with E-state index in [1.54, 1.807) is 11.8 Å². The van der Waals surface area contributed by atoms with E-state index in [-0.39, 0.29) is 12.7 Å². The number of rotatable bonds is 5. The second-order valence-electron chi connectivity index (χ2n) is 3.40. The maximum atomic E-state index is 11.1. The number of aliphatic hydroxyl groups excluding tert-OH is 1. The molecule has 1 rings (SSSR count). The van der Waals surface area contributed by atoms with Gasteiger partial charge in [0.05, 0.1) is 13.2 Å². The molecule has 1 fully saturated rings. The van der Waals surface area contributed by atoms with Crippen LogP contribution in [-0.4, -0.2) is 55.5 Å². The van der Waals surface area contributed by atoms with Gasteiger partial charge in [0.2, 0.25) is 0 Å².